The average Bonchev–Trinajstić information content (AvgIpc) is 2.31. The summed E-state index contributed by atoms with van der Waals surface area (Å²) < 4.78 is 0. The summed E-state index contributed by atoms with van der Waals surface area (Å²) in [7, 11) is 0. The Labute approximate surface area is 100 Å². The molecule has 0 aromatic rings. The van der Waals surface area contributed by atoms with Crippen molar-refractivity contribution in [3.05, 3.63) is 0 Å². The van der Waals surface area contributed by atoms with E-state index in [-0.39, 0.29) is 19.3 Å². The number of hydrogen-bond donors (Lipinski definition) is 2. The van der Waals surface area contributed by atoms with Crippen molar-refractivity contribution in [2.75, 3.05) is 26.3 Å². The predicted octanol–water partition coefficient (Wildman–Crippen LogP) is 2.02. The average molecular weight is 231 g/mol. The molecule has 0 bridgehead atoms. The molecular weight excluding hydrogens is 202 g/mol. The van der Waals surface area contributed by atoms with Crippen molar-refractivity contribution in [3.8, 4) is 0 Å². The van der Waals surface area contributed by atoms with E-state index < -0.39 is 0 Å². The molecule has 0 aliphatic rings. The van der Waals surface area contributed by atoms with E-state index in [0.29, 0.717) is 6.54 Å². The van der Waals surface area contributed by atoms with E-state index >= 15 is 0 Å². The van der Waals surface area contributed by atoms with E-state index in [4.69, 9.17) is 10.2 Å². The molecule has 0 aromatic carbocycles. The largest absolute Gasteiger partial charge is 0.395 e. The second-order valence-electron chi connectivity index (χ2n) is 4.56. The maximum Gasteiger partial charge on any atom is 0.0584 e. The van der Waals surface area contributed by atoms with Crippen molar-refractivity contribution in [2.45, 2.75) is 58.4 Å². The molecule has 0 rings (SSSR count). The van der Waals surface area contributed by atoms with Crippen LogP contribution in [0.4, 0.5) is 0 Å². The molecule has 0 spiro atoms. The second kappa shape index (κ2) is 11.4. The van der Waals surface area contributed by atoms with Crippen LogP contribution in [0.15, 0.2) is 0 Å². The number of aliphatic hydroxyl groups is 2. The summed E-state index contributed by atoms with van der Waals surface area (Å²) in [5, 5.41) is 18.0. The highest BCUT2D eigenvalue weighted by molar-refractivity contribution is 4.65. The Hall–Kier alpha value is -0.120. The normalized spacial score (nSPS) is 13.3. The van der Waals surface area contributed by atoms with Crippen LogP contribution >= 0.6 is 0 Å². The third kappa shape index (κ3) is 8.08. The van der Waals surface area contributed by atoms with Crippen LogP contribution in [0.5, 0.6) is 0 Å². The number of nitrogens with zero attached hydrogens (tertiary/aromatic N) is 1. The molecule has 3 heteroatoms. The molecule has 98 valence electrons. The summed E-state index contributed by atoms with van der Waals surface area (Å²) in [5.74, 6) is 0. The van der Waals surface area contributed by atoms with Gasteiger partial charge in [0.1, 0.15) is 0 Å². The predicted molar refractivity (Wildman–Crippen MR) is 68.6 cm³/mol. The Morgan fingerprint density at radius 3 is 2.12 bits per heavy atom. The van der Waals surface area contributed by atoms with Gasteiger partial charge in [-0.3, -0.25) is 4.90 Å². The molecule has 0 heterocycles. The van der Waals surface area contributed by atoms with Crippen LogP contribution in [0.2, 0.25) is 0 Å². The minimum Gasteiger partial charge on any atom is -0.395 e. The number of hydrogen-bond acceptors (Lipinski definition) is 3. The van der Waals surface area contributed by atoms with E-state index in [1.807, 2.05) is 6.92 Å². The molecular formula is C13H29NO2. The highest BCUT2D eigenvalue weighted by Crippen LogP contribution is 2.07. The van der Waals surface area contributed by atoms with Crippen LogP contribution in [0.25, 0.3) is 0 Å². The monoisotopic (exact) mass is 231 g/mol. The molecule has 1 atom stereocenters. The summed E-state index contributed by atoms with van der Waals surface area (Å²) in [6.45, 7) is 6.26. The lowest BCUT2D eigenvalue weighted by atomic mass is 10.1. The zero-order valence-electron chi connectivity index (χ0n) is 11.0. The molecule has 0 amide bonds. The Morgan fingerprint density at radius 2 is 1.56 bits per heavy atom. The van der Waals surface area contributed by atoms with Gasteiger partial charge < -0.3 is 10.2 Å². The second-order valence-corrected chi connectivity index (χ2v) is 4.56. The highest BCUT2D eigenvalue weighted by atomic mass is 16.3. The van der Waals surface area contributed by atoms with Crippen molar-refractivity contribution in [3.63, 3.8) is 0 Å². The van der Waals surface area contributed by atoms with Crippen LogP contribution in [0.1, 0.15) is 52.4 Å². The first-order valence-electron chi connectivity index (χ1n) is 6.72. The quantitative estimate of drug-likeness (QED) is 0.535. The van der Waals surface area contributed by atoms with E-state index in [1.165, 1.54) is 38.5 Å². The van der Waals surface area contributed by atoms with E-state index in [9.17, 15) is 0 Å². The van der Waals surface area contributed by atoms with Crippen LogP contribution < -0.4 is 0 Å². The Morgan fingerprint density at radius 1 is 0.938 bits per heavy atom. The fourth-order valence-electron chi connectivity index (χ4n) is 1.89. The number of unbranched alkanes of at least 4 members (excludes halogenated alkanes) is 5. The van der Waals surface area contributed by atoms with Gasteiger partial charge in [0, 0.05) is 12.6 Å². The summed E-state index contributed by atoms with van der Waals surface area (Å²) in [4.78, 5) is 2.17. The number of aliphatic hydroxyl groups excluding tert-OH is 2. The minimum absolute atomic E-state index is 0.169. The van der Waals surface area contributed by atoms with Crippen molar-refractivity contribution in [2.24, 2.45) is 0 Å². The highest BCUT2D eigenvalue weighted by Gasteiger charge is 2.11. The summed E-state index contributed by atoms with van der Waals surface area (Å²) in [6.07, 6.45) is 7.72. The summed E-state index contributed by atoms with van der Waals surface area (Å²) in [5.41, 5.74) is 0. The summed E-state index contributed by atoms with van der Waals surface area (Å²) in [6, 6.07) is 0.169. The standard InChI is InChI=1S/C13H29NO2/c1-3-4-5-6-7-8-9-14(10-11-15)13(2)12-16/h13,15-16H,3-12H2,1-2H3. The fraction of sp³-hybridized carbons (Fsp3) is 1.00. The van der Waals surface area contributed by atoms with Gasteiger partial charge in [-0.2, -0.15) is 0 Å². The first kappa shape index (κ1) is 15.9. The van der Waals surface area contributed by atoms with Gasteiger partial charge in [0.2, 0.25) is 0 Å². The Bertz CT molecular complexity index is 142. The van der Waals surface area contributed by atoms with Crippen molar-refractivity contribution >= 4 is 0 Å². The minimum atomic E-state index is 0.169. The van der Waals surface area contributed by atoms with Crippen molar-refractivity contribution in [1.29, 1.82) is 0 Å². The fourth-order valence-corrected chi connectivity index (χ4v) is 1.89. The molecule has 2 N–H and O–H groups in total. The Kier molecular flexibility index (Phi) is 11.3. The lowest BCUT2D eigenvalue weighted by Crippen LogP contribution is -2.38. The zero-order chi connectivity index (χ0) is 12.2. The third-order valence-corrected chi connectivity index (χ3v) is 3.07. The first-order valence-corrected chi connectivity index (χ1v) is 6.72. The van der Waals surface area contributed by atoms with Crippen LogP contribution in [0, 0.1) is 0 Å². The van der Waals surface area contributed by atoms with Crippen LogP contribution in [-0.4, -0.2) is 47.5 Å². The third-order valence-electron chi connectivity index (χ3n) is 3.07. The smallest absolute Gasteiger partial charge is 0.0584 e. The van der Waals surface area contributed by atoms with Crippen molar-refractivity contribution in [1.82, 2.24) is 4.90 Å². The molecule has 0 aliphatic heterocycles. The van der Waals surface area contributed by atoms with Crippen LogP contribution in [-0.2, 0) is 0 Å². The zero-order valence-corrected chi connectivity index (χ0v) is 11.0. The van der Waals surface area contributed by atoms with Crippen molar-refractivity contribution < 1.29 is 10.2 Å². The summed E-state index contributed by atoms with van der Waals surface area (Å²) >= 11 is 0. The van der Waals surface area contributed by atoms with Gasteiger partial charge in [0.25, 0.3) is 0 Å². The van der Waals surface area contributed by atoms with E-state index in [2.05, 4.69) is 11.8 Å². The maximum absolute atomic E-state index is 9.08. The molecule has 0 saturated carbocycles. The van der Waals surface area contributed by atoms with E-state index in [1.54, 1.807) is 0 Å². The number of rotatable bonds is 11. The van der Waals surface area contributed by atoms with Gasteiger partial charge in [-0.25, -0.2) is 0 Å². The first-order chi connectivity index (χ1) is 7.76. The molecule has 0 saturated heterocycles. The molecule has 0 aromatic heterocycles. The molecule has 0 fully saturated rings. The maximum atomic E-state index is 9.08. The van der Waals surface area contributed by atoms with Gasteiger partial charge in [0.15, 0.2) is 0 Å². The van der Waals surface area contributed by atoms with Gasteiger partial charge in [0.05, 0.1) is 13.2 Å². The lowest BCUT2D eigenvalue weighted by molar-refractivity contribution is 0.109. The molecule has 0 radical (unpaired) electrons. The van der Waals surface area contributed by atoms with Crippen LogP contribution in [0.3, 0.4) is 0 Å². The Balaban J connectivity index is 3.52. The molecule has 3 nitrogen and oxygen atoms in total. The van der Waals surface area contributed by atoms with Gasteiger partial charge >= 0.3 is 0 Å². The van der Waals surface area contributed by atoms with E-state index in [0.717, 1.165) is 6.54 Å². The SMILES string of the molecule is CCCCCCCCN(CCO)C(C)CO. The topological polar surface area (TPSA) is 43.7 Å². The van der Waals surface area contributed by atoms with Gasteiger partial charge in [-0.1, -0.05) is 39.0 Å². The molecule has 1 unspecified atom stereocenters. The molecule has 0 aliphatic carbocycles. The van der Waals surface area contributed by atoms with Gasteiger partial charge in [-0.05, 0) is 19.9 Å². The lowest BCUT2D eigenvalue weighted by Gasteiger charge is -2.26. The molecule has 16 heavy (non-hydrogen) atoms. The van der Waals surface area contributed by atoms with Gasteiger partial charge in [-0.15, -0.1) is 0 Å².